The van der Waals surface area contributed by atoms with Crippen LogP contribution in [-0.4, -0.2) is 12.3 Å². The lowest BCUT2D eigenvalue weighted by atomic mass is 9.56. The standard InChI is InChI=1S/C54H53BN2/c1-30-26-37(34-18-15-19-36-45-35-17-12-14-21-39(35)54(9,10)50(45)56-48(34)36)47-44(27-30)57(43-29-41-40(28-31(43)2)51(3,4)24-25-52(41,5)6)49-42(55-47)23-22-33-32-16-11-13-20-38(32)53(7,8)46(33)49/h11-23,26-29,55-56H,24-25H2,1-10H3. The van der Waals surface area contributed by atoms with Gasteiger partial charge in [-0.3, -0.25) is 0 Å². The average molecular weight is 741 g/mol. The zero-order chi connectivity index (χ0) is 39.6. The number of rotatable bonds is 2. The number of benzene rings is 6. The molecule has 1 aliphatic heterocycles. The van der Waals surface area contributed by atoms with Gasteiger partial charge in [-0.15, -0.1) is 0 Å². The second-order valence-corrected chi connectivity index (χ2v) is 20.2. The molecule has 0 amide bonds. The summed E-state index contributed by atoms with van der Waals surface area (Å²) in [6.07, 6.45) is 2.40. The van der Waals surface area contributed by atoms with Gasteiger partial charge in [-0.05, 0) is 116 Å². The minimum absolute atomic E-state index is 0.0940. The molecule has 282 valence electrons. The van der Waals surface area contributed by atoms with Crippen molar-refractivity contribution in [2.45, 2.75) is 104 Å². The molecule has 0 saturated heterocycles. The Balaban J connectivity index is 1.21. The van der Waals surface area contributed by atoms with E-state index in [4.69, 9.17) is 0 Å². The number of nitrogens with one attached hydrogen (secondary N) is 1. The van der Waals surface area contributed by atoms with Crippen molar-refractivity contribution in [3.05, 3.63) is 148 Å². The summed E-state index contributed by atoms with van der Waals surface area (Å²) in [7, 11) is 0.879. The number of fused-ring (bicyclic) bond motifs is 12. The van der Waals surface area contributed by atoms with Crippen molar-refractivity contribution < 1.29 is 0 Å². The first-order valence-corrected chi connectivity index (χ1v) is 21.2. The maximum atomic E-state index is 4.07. The van der Waals surface area contributed by atoms with Gasteiger partial charge in [0.1, 0.15) is 0 Å². The Bertz CT molecular complexity index is 2910. The molecule has 2 nitrogen and oxygen atoms in total. The minimum atomic E-state index is -0.150. The van der Waals surface area contributed by atoms with Crippen LogP contribution in [0.3, 0.4) is 0 Å². The first-order chi connectivity index (χ1) is 27.1. The second-order valence-electron chi connectivity index (χ2n) is 20.2. The predicted octanol–water partition coefficient (Wildman–Crippen LogP) is 12.6. The number of anilines is 3. The molecule has 4 aliphatic rings. The number of H-pyrrole nitrogens is 1. The van der Waals surface area contributed by atoms with Crippen LogP contribution in [0.5, 0.6) is 0 Å². The van der Waals surface area contributed by atoms with Crippen molar-refractivity contribution in [2.24, 2.45) is 0 Å². The fraction of sp³-hybridized carbons (Fsp3) is 0.296. The van der Waals surface area contributed by atoms with Gasteiger partial charge in [0.25, 0.3) is 0 Å². The van der Waals surface area contributed by atoms with Gasteiger partial charge in [0, 0.05) is 50.1 Å². The molecule has 1 aromatic heterocycles. The summed E-state index contributed by atoms with van der Waals surface area (Å²) in [5.41, 5.74) is 27.4. The molecular weight excluding hydrogens is 687 g/mol. The van der Waals surface area contributed by atoms with Crippen molar-refractivity contribution in [3.8, 4) is 33.4 Å². The number of nitrogens with zero attached hydrogens (tertiary/aromatic N) is 1. The van der Waals surface area contributed by atoms with E-state index in [0.717, 1.165) is 7.28 Å². The lowest BCUT2D eigenvalue weighted by Gasteiger charge is -2.44. The molecule has 57 heavy (non-hydrogen) atoms. The van der Waals surface area contributed by atoms with Crippen molar-refractivity contribution >= 4 is 46.2 Å². The third-order valence-corrected chi connectivity index (χ3v) is 15.0. The first kappa shape index (κ1) is 34.9. The smallest absolute Gasteiger partial charge is 0.198 e. The van der Waals surface area contributed by atoms with Crippen molar-refractivity contribution in [2.75, 3.05) is 4.90 Å². The Morgan fingerprint density at radius 1 is 0.561 bits per heavy atom. The van der Waals surface area contributed by atoms with Gasteiger partial charge in [0.15, 0.2) is 7.28 Å². The molecule has 0 unspecified atom stereocenters. The van der Waals surface area contributed by atoms with E-state index in [1.54, 1.807) is 0 Å². The van der Waals surface area contributed by atoms with Crippen molar-refractivity contribution in [1.29, 1.82) is 0 Å². The summed E-state index contributed by atoms with van der Waals surface area (Å²) in [6, 6.07) is 40.1. The van der Waals surface area contributed by atoms with Crippen LogP contribution < -0.4 is 15.8 Å². The lowest BCUT2D eigenvalue weighted by molar-refractivity contribution is 0.332. The molecule has 0 saturated carbocycles. The third-order valence-electron chi connectivity index (χ3n) is 15.0. The molecule has 0 atom stereocenters. The molecule has 2 heterocycles. The normalized spacial score (nSPS) is 18.2. The van der Waals surface area contributed by atoms with Gasteiger partial charge >= 0.3 is 0 Å². The summed E-state index contributed by atoms with van der Waals surface area (Å²) >= 11 is 0. The van der Waals surface area contributed by atoms with Crippen LogP contribution in [0.2, 0.25) is 0 Å². The summed E-state index contributed by atoms with van der Waals surface area (Å²) in [4.78, 5) is 6.79. The number of aryl methyl sites for hydroxylation is 2. The van der Waals surface area contributed by atoms with Gasteiger partial charge < -0.3 is 9.88 Å². The highest BCUT2D eigenvalue weighted by Crippen LogP contribution is 2.57. The average Bonchev–Trinajstić information content (AvgIpc) is 3.76. The Labute approximate surface area is 339 Å². The molecule has 1 N–H and O–H groups in total. The fourth-order valence-electron chi connectivity index (χ4n) is 11.8. The molecule has 3 aliphatic carbocycles. The van der Waals surface area contributed by atoms with Crippen LogP contribution in [0.15, 0.2) is 103 Å². The predicted molar refractivity (Wildman–Crippen MR) is 245 cm³/mol. The maximum absolute atomic E-state index is 4.07. The Morgan fingerprint density at radius 2 is 1.21 bits per heavy atom. The van der Waals surface area contributed by atoms with Gasteiger partial charge in [0.05, 0.1) is 5.52 Å². The Hall–Kier alpha value is -5.28. The van der Waals surface area contributed by atoms with Crippen molar-refractivity contribution in [3.63, 3.8) is 0 Å². The maximum Gasteiger partial charge on any atom is 0.198 e. The second kappa shape index (κ2) is 11.2. The Morgan fingerprint density at radius 3 is 1.95 bits per heavy atom. The highest BCUT2D eigenvalue weighted by Gasteiger charge is 2.44. The highest BCUT2D eigenvalue weighted by molar-refractivity contribution is 6.73. The van der Waals surface area contributed by atoms with Crippen molar-refractivity contribution in [1.82, 2.24) is 4.98 Å². The van der Waals surface area contributed by atoms with E-state index >= 15 is 0 Å². The number of hydrogen-bond acceptors (Lipinski definition) is 1. The lowest BCUT2D eigenvalue weighted by Crippen LogP contribution is -2.43. The van der Waals surface area contributed by atoms with E-state index in [0.29, 0.717) is 0 Å². The Kier molecular flexibility index (Phi) is 6.88. The summed E-state index contributed by atoms with van der Waals surface area (Å²) < 4.78 is 0. The third kappa shape index (κ3) is 4.55. The zero-order valence-electron chi connectivity index (χ0n) is 35.4. The van der Waals surface area contributed by atoms with E-state index in [2.05, 4.69) is 182 Å². The zero-order valence-corrected chi connectivity index (χ0v) is 35.4. The summed E-state index contributed by atoms with van der Waals surface area (Å²) in [5, 5.41) is 1.32. The van der Waals surface area contributed by atoms with Crippen LogP contribution >= 0.6 is 0 Å². The molecule has 0 bridgehead atoms. The van der Waals surface area contributed by atoms with Crippen LogP contribution in [-0.2, 0) is 21.7 Å². The molecule has 11 rings (SSSR count). The topological polar surface area (TPSA) is 19.0 Å². The number of hydrogen-bond donors (Lipinski definition) is 1. The van der Waals surface area contributed by atoms with Crippen LogP contribution in [0.25, 0.3) is 44.3 Å². The minimum Gasteiger partial charge on any atom is -0.357 e. The molecule has 0 radical (unpaired) electrons. The first-order valence-electron chi connectivity index (χ1n) is 21.2. The largest absolute Gasteiger partial charge is 0.357 e. The van der Waals surface area contributed by atoms with E-state index in [1.165, 1.54) is 130 Å². The number of para-hydroxylation sites is 1. The van der Waals surface area contributed by atoms with Crippen LogP contribution in [0.1, 0.15) is 113 Å². The molecule has 3 heteroatoms. The SMILES string of the molecule is Cc1cc(-c2cccc3c4c([nH]c23)C(C)(C)c2ccccc2-4)c2c(c1)N(c1cc3c(cc1C)C(C)(C)CCC3(C)C)c1c(ccc3c1C(C)(C)c1ccccc1-3)B2. The molecule has 0 fully saturated rings. The van der Waals surface area contributed by atoms with Gasteiger partial charge in [-0.1, -0.05) is 152 Å². The van der Waals surface area contributed by atoms with E-state index in [9.17, 15) is 0 Å². The van der Waals surface area contributed by atoms with E-state index in [1.807, 2.05) is 0 Å². The monoisotopic (exact) mass is 740 g/mol. The fourth-order valence-corrected chi connectivity index (χ4v) is 11.8. The van der Waals surface area contributed by atoms with Crippen LogP contribution in [0, 0.1) is 13.8 Å². The highest BCUT2D eigenvalue weighted by atomic mass is 15.2. The number of aromatic nitrogens is 1. The quantitative estimate of drug-likeness (QED) is 0.175. The van der Waals surface area contributed by atoms with E-state index < -0.39 is 0 Å². The van der Waals surface area contributed by atoms with E-state index in [-0.39, 0.29) is 21.7 Å². The van der Waals surface area contributed by atoms with Gasteiger partial charge in [-0.25, -0.2) is 0 Å². The van der Waals surface area contributed by atoms with Crippen LogP contribution in [0.4, 0.5) is 17.1 Å². The molecular formula is C54H53BN2. The van der Waals surface area contributed by atoms with Gasteiger partial charge in [-0.2, -0.15) is 0 Å². The molecule has 6 aromatic carbocycles. The molecule has 7 aromatic rings. The number of aromatic amines is 1. The van der Waals surface area contributed by atoms with Gasteiger partial charge in [0.2, 0.25) is 0 Å². The summed E-state index contributed by atoms with van der Waals surface area (Å²) in [6.45, 7) is 24.1. The summed E-state index contributed by atoms with van der Waals surface area (Å²) in [5.74, 6) is 0. The molecule has 0 spiro atoms.